The second-order valence-corrected chi connectivity index (χ2v) is 8.71. The number of methoxy groups -OCH3 is 1. The zero-order valence-electron chi connectivity index (χ0n) is 20.3. The molecule has 0 atom stereocenters. The Hall–Kier alpha value is -3.94. The molecule has 0 heterocycles. The minimum Gasteiger partial charge on any atom is -0.489 e. The summed E-state index contributed by atoms with van der Waals surface area (Å²) < 4.78 is 38.3. The molecule has 0 radical (unpaired) electrons. The number of carbonyl (C=O) groups excluding carboxylic acids is 2. The number of hydrogen-bond donors (Lipinski definition) is 1. The molecule has 0 aliphatic heterocycles. The largest absolute Gasteiger partial charge is 0.489 e. The van der Waals surface area contributed by atoms with Gasteiger partial charge in [-0.25, -0.2) is 8.78 Å². The Kier molecular flexibility index (Phi) is 10.0. The molecule has 0 aliphatic rings. The number of nitriles is 1. The summed E-state index contributed by atoms with van der Waals surface area (Å²) in [5.74, 6) is -2.21. The average molecular weight is 526 g/mol. The molecule has 37 heavy (non-hydrogen) atoms. The van der Waals surface area contributed by atoms with E-state index in [1.807, 2.05) is 5.32 Å². The molecule has 0 saturated carbocycles. The number of ether oxygens (including phenoxy) is 2. The van der Waals surface area contributed by atoms with Crippen molar-refractivity contribution in [2.45, 2.75) is 11.5 Å². The van der Waals surface area contributed by atoms with Crippen LogP contribution in [-0.2, 0) is 16.1 Å². The number of thioether (sulfide) groups is 1. The summed E-state index contributed by atoms with van der Waals surface area (Å²) in [6.07, 6.45) is 3.35. The van der Waals surface area contributed by atoms with Crippen LogP contribution < -0.4 is 10.1 Å². The lowest BCUT2D eigenvalue weighted by molar-refractivity contribution is -0.120. The number of nitrogens with one attached hydrogen (secondary N) is 1. The van der Waals surface area contributed by atoms with Crippen molar-refractivity contribution < 1.29 is 27.8 Å². The van der Waals surface area contributed by atoms with Crippen molar-refractivity contribution in [2.24, 2.45) is 0 Å². The Morgan fingerprint density at radius 1 is 1.08 bits per heavy atom. The predicted molar refractivity (Wildman–Crippen MR) is 136 cm³/mol. The molecule has 3 aromatic rings. The van der Waals surface area contributed by atoms with Gasteiger partial charge in [0.15, 0.2) is 17.8 Å². The summed E-state index contributed by atoms with van der Waals surface area (Å²) in [5.41, 5.74) is 2.40. The van der Waals surface area contributed by atoms with Crippen LogP contribution in [0.4, 0.5) is 8.78 Å². The molecule has 0 aliphatic carbocycles. The zero-order valence-corrected chi connectivity index (χ0v) is 21.1. The molecule has 10 heteroatoms. The first-order valence-corrected chi connectivity index (χ1v) is 12.4. The molecule has 3 aromatic carbocycles. The quantitative estimate of drug-likeness (QED) is 0.223. The molecule has 1 N–H and O–H groups in total. The first-order valence-electron chi connectivity index (χ1n) is 11.2. The molecular formula is C27H25F2N3O4S. The second kappa shape index (κ2) is 13.4. The summed E-state index contributed by atoms with van der Waals surface area (Å²) in [4.78, 5) is 26.8. The van der Waals surface area contributed by atoms with E-state index in [9.17, 15) is 18.4 Å². The van der Waals surface area contributed by atoms with E-state index in [-0.39, 0.29) is 32.2 Å². The monoisotopic (exact) mass is 525 g/mol. The molecule has 3 rings (SSSR count). The van der Waals surface area contributed by atoms with Gasteiger partial charge >= 0.3 is 0 Å². The van der Waals surface area contributed by atoms with Crippen LogP contribution in [0.1, 0.15) is 15.9 Å². The van der Waals surface area contributed by atoms with Crippen molar-refractivity contribution in [2.75, 3.05) is 33.1 Å². The van der Waals surface area contributed by atoms with Crippen LogP contribution in [0.15, 0.2) is 65.6 Å². The normalized spacial score (nSPS) is 10.5. The van der Waals surface area contributed by atoms with Crippen molar-refractivity contribution in [3.63, 3.8) is 0 Å². The second-order valence-electron chi connectivity index (χ2n) is 7.86. The molecular weight excluding hydrogens is 500 g/mol. The van der Waals surface area contributed by atoms with Crippen molar-refractivity contribution in [3.8, 4) is 23.1 Å². The van der Waals surface area contributed by atoms with Crippen LogP contribution in [0.3, 0.4) is 0 Å². The van der Waals surface area contributed by atoms with Gasteiger partial charge in [0.05, 0.1) is 6.61 Å². The Morgan fingerprint density at radius 3 is 2.49 bits per heavy atom. The predicted octanol–water partition coefficient (Wildman–Crippen LogP) is 4.62. The van der Waals surface area contributed by atoms with E-state index in [4.69, 9.17) is 14.7 Å². The van der Waals surface area contributed by atoms with Gasteiger partial charge in [0.2, 0.25) is 0 Å². The Bertz CT molecular complexity index is 1300. The highest BCUT2D eigenvalue weighted by Gasteiger charge is 2.19. The SMILES string of the molecule is COCCN(CC(=O)NC#N)C(=O)c1cccc(COc2ccc(-c3cc(F)c(F)cc3SC)cc2)c1. The third kappa shape index (κ3) is 7.52. The van der Waals surface area contributed by atoms with Gasteiger partial charge < -0.3 is 14.4 Å². The fourth-order valence-corrected chi connectivity index (χ4v) is 4.14. The third-order valence-electron chi connectivity index (χ3n) is 5.37. The lowest BCUT2D eigenvalue weighted by atomic mass is 10.1. The minimum absolute atomic E-state index is 0.175. The van der Waals surface area contributed by atoms with Gasteiger partial charge in [-0.15, -0.1) is 11.8 Å². The summed E-state index contributed by atoms with van der Waals surface area (Å²) in [5, 5.41) is 10.6. The maximum absolute atomic E-state index is 13.8. The summed E-state index contributed by atoms with van der Waals surface area (Å²) in [6, 6.07) is 16.2. The molecule has 0 fully saturated rings. The van der Waals surface area contributed by atoms with Gasteiger partial charge in [0.1, 0.15) is 18.9 Å². The van der Waals surface area contributed by atoms with Gasteiger partial charge in [-0.1, -0.05) is 24.3 Å². The summed E-state index contributed by atoms with van der Waals surface area (Å²) in [7, 11) is 1.49. The van der Waals surface area contributed by atoms with E-state index in [0.29, 0.717) is 21.8 Å². The van der Waals surface area contributed by atoms with Crippen molar-refractivity contribution in [1.82, 2.24) is 10.2 Å². The molecule has 192 valence electrons. The lowest BCUT2D eigenvalue weighted by Gasteiger charge is -2.21. The fourth-order valence-electron chi connectivity index (χ4n) is 3.53. The van der Waals surface area contributed by atoms with Crippen molar-refractivity contribution >= 4 is 23.6 Å². The van der Waals surface area contributed by atoms with Crippen LogP contribution in [0.25, 0.3) is 11.1 Å². The van der Waals surface area contributed by atoms with Gasteiger partial charge in [-0.05, 0) is 59.3 Å². The maximum atomic E-state index is 13.8. The number of carbonyl (C=O) groups is 2. The van der Waals surface area contributed by atoms with Crippen LogP contribution in [-0.4, -0.2) is 49.8 Å². The summed E-state index contributed by atoms with van der Waals surface area (Å²) >= 11 is 1.33. The van der Waals surface area contributed by atoms with Gasteiger partial charge in [-0.3, -0.25) is 14.9 Å². The molecule has 0 aromatic heterocycles. The number of rotatable bonds is 11. The first-order chi connectivity index (χ1) is 17.9. The maximum Gasteiger partial charge on any atom is 0.254 e. The van der Waals surface area contributed by atoms with E-state index >= 15 is 0 Å². The lowest BCUT2D eigenvalue weighted by Crippen LogP contribution is -2.41. The molecule has 2 amide bonds. The Labute approximate surface area is 218 Å². The van der Waals surface area contributed by atoms with E-state index in [2.05, 4.69) is 0 Å². The Balaban J connectivity index is 1.69. The van der Waals surface area contributed by atoms with Crippen LogP contribution in [0.2, 0.25) is 0 Å². The Morgan fingerprint density at radius 2 is 1.81 bits per heavy atom. The summed E-state index contributed by atoms with van der Waals surface area (Å²) in [6.45, 7) is 0.304. The van der Waals surface area contributed by atoms with Crippen molar-refractivity contribution in [3.05, 3.63) is 83.4 Å². The number of hydrogen-bond acceptors (Lipinski definition) is 6. The fraction of sp³-hybridized carbons (Fsp3) is 0.222. The van der Waals surface area contributed by atoms with E-state index in [0.717, 1.165) is 11.1 Å². The van der Waals surface area contributed by atoms with Crippen LogP contribution >= 0.6 is 11.8 Å². The van der Waals surface area contributed by atoms with Gasteiger partial charge in [0.25, 0.3) is 11.8 Å². The van der Waals surface area contributed by atoms with Crippen LogP contribution in [0.5, 0.6) is 5.75 Å². The first kappa shape index (κ1) is 27.6. The zero-order chi connectivity index (χ0) is 26.8. The molecule has 7 nitrogen and oxygen atoms in total. The number of amides is 2. The number of halogens is 2. The van der Waals surface area contributed by atoms with Gasteiger partial charge in [0, 0.05) is 24.1 Å². The average Bonchev–Trinajstić information content (AvgIpc) is 2.91. The molecule has 0 saturated heterocycles. The van der Waals surface area contributed by atoms with Crippen molar-refractivity contribution in [1.29, 1.82) is 5.26 Å². The highest BCUT2D eigenvalue weighted by Crippen LogP contribution is 2.33. The smallest absolute Gasteiger partial charge is 0.254 e. The molecule has 0 unspecified atom stereocenters. The number of nitrogens with zero attached hydrogens (tertiary/aromatic N) is 2. The van der Waals surface area contributed by atoms with E-state index < -0.39 is 17.5 Å². The standard InChI is InChI=1S/C27H25F2N3O4S/c1-35-11-10-32(15-26(33)31-17-30)27(34)20-5-3-4-18(12-20)16-36-21-8-6-19(7-9-21)22-13-23(28)24(29)14-25(22)37-2/h3-9,12-14H,10-11,15-16H2,1-2H3,(H,31,33). The molecule has 0 bridgehead atoms. The van der Waals surface area contributed by atoms with E-state index in [1.54, 1.807) is 61.0 Å². The molecule has 0 spiro atoms. The third-order valence-corrected chi connectivity index (χ3v) is 6.15. The topological polar surface area (TPSA) is 91.7 Å². The van der Waals surface area contributed by atoms with Crippen LogP contribution in [0, 0.1) is 23.1 Å². The minimum atomic E-state index is -0.908. The van der Waals surface area contributed by atoms with Gasteiger partial charge in [-0.2, -0.15) is 5.26 Å². The van der Waals surface area contributed by atoms with E-state index in [1.165, 1.54) is 35.9 Å². The number of benzene rings is 3. The highest BCUT2D eigenvalue weighted by atomic mass is 32.2. The highest BCUT2D eigenvalue weighted by molar-refractivity contribution is 7.98.